The van der Waals surface area contributed by atoms with Gasteiger partial charge in [0.2, 0.25) is 5.91 Å². The summed E-state index contributed by atoms with van der Waals surface area (Å²) in [4.78, 5) is 29.2. The van der Waals surface area contributed by atoms with Crippen LogP contribution < -0.4 is 0 Å². The summed E-state index contributed by atoms with van der Waals surface area (Å²) in [5.74, 6) is -0.950. The average molecular weight is 273 g/mol. The lowest BCUT2D eigenvalue weighted by Crippen LogP contribution is -2.30. The number of fused-ring (bicyclic) bond motifs is 1. The van der Waals surface area contributed by atoms with Crippen molar-refractivity contribution in [3.05, 3.63) is 30.1 Å². The Labute approximate surface area is 115 Å². The molecule has 0 atom stereocenters. The summed E-state index contributed by atoms with van der Waals surface area (Å²) in [6, 6.07) is 4.97. The van der Waals surface area contributed by atoms with E-state index in [1.165, 1.54) is 12.4 Å². The zero-order valence-corrected chi connectivity index (χ0v) is 11.0. The first-order chi connectivity index (χ1) is 9.66. The number of para-hydroxylation sites is 1. The van der Waals surface area contributed by atoms with Gasteiger partial charge in [0.15, 0.2) is 0 Å². The van der Waals surface area contributed by atoms with Gasteiger partial charge in [-0.1, -0.05) is 6.07 Å². The topological polar surface area (TPSA) is 75.4 Å². The fraction of sp³-hybridized carbons (Fsp3) is 0.357. The first kappa shape index (κ1) is 12.7. The summed E-state index contributed by atoms with van der Waals surface area (Å²) in [5, 5.41) is 9.12. The fourth-order valence-electron chi connectivity index (χ4n) is 2.60. The molecule has 0 unspecified atom stereocenters. The number of carbonyl (C=O) groups is 2. The molecule has 6 nitrogen and oxygen atoms in total. The van der Waals surface area contributed by atoms with Gasteiger partial charge < -0.3 is 14.6 Å². The van der Waals surface area contributed by atoms with Crippen LogP contribution in [0.3, 0.4) is 0 Å². The highest BCUT2D eigenvalue weighted by Gasteiger charge is 2.19. The number of likely N-dealkylation sites (tertiary alicyclic amines) is 1. The Bertz CT molecular complexity index is 671. The van der Waals surface area contributed by atoms with Gasteiger partial charge in [0, 0.05) is 13.1 Å². The molecule has 2 aromatic rings. The summed E-state index contributed by atoms with van der Waals surface area (Å²) in [5.41, 5.74) is 1.27. The number of rotatable bonds is 3. The van der Waals surface area contributed by atoms with E-state index in [0.29, 0.717) is 11.0 Å². The maximum Gasteiger partial charge on any atom is 0.337 e. The fourth-order valence-corrected chi connectivity index (χ4v) is 2.60. The van der Waals surface area contributed by atoms with Crippen molar-refractivity contribution >= 4 is 22.9 Å². The molecule has 20 heavy (non-hydrogen) atoms. The molecule has 1 N–H and O–H groups in total. The van der Waals surface area contributed by atoms with E-state index < -0.39 is 5.97 Å². The van der Waals surface area contributed by atoms with E-state index in [-0.39, 0.29) is 18.0 Å². The molecule has 1 aliphatic rings. The van der Waals surface area contributed by atoms with Gasteiger partial charge in [-0.3, -0.25) is 4.79 Å². The van der Waals surface area contributed by atoms with Crippen LogP contribution in [-0.4, -0.2) is 44.5 Å². The van der Waals surface area contributed by atoms with Gasteiger partial charge in [-0.05, 0) is 25.0 Å². The zero-order chi connectivity index (χ0) is 14.1. The van der Waals surface area contributed by atoms with Gasteiger partial charge >= 0.3 is 5.97 Å². The lowest BCUT2D eigenvalue weighted by molar-refractivity contribution is -0.130. The minimum Gasteiger partial charge on any atom is -0.478 e. The monoisotopic (exact) mass is 273 g/mol. The standard InChI is InChI=1S/C14H15N3O3/c18-12(16-6-1-2-7-16)8-17-9-15-13-10(14(19)20)4-3-5-11(13)17/h3-5,9H,1-2,6-8H2,(H,19,20). The van der Waals surface area contributed by atoms with Crippen molar-refractivity contribution in [3.8, 4) is 0 Å². The molecule has 0 bridgehead atoms. The molecular formula is C14H15N3O3. The van der Waals surface area contributed by atoms with Gasteiger partial charge in [-0.15, -0.1) is 0 Å². The van der Waals surface area contributed by atoms with Crippen LogP contribution in [0.2, 0.25) is 0 Å². The molecule has 0 saturated carbocycles. The van der Waals surface area contributed by atoms with Gasteiger partial charge in [-0.25, -0.2) is 9.78 Å². The molecule has 2 heterocycles. The van der Waals surface area contributed by atoms with Crippen LogP contribution in [0.1, 0.15) is 23.2 Å². The van der Waals surface area contributed by atoms with Crippen molar-refractivity contribution in [3.63, 3.8) is 0 Å². The Morgan fingerprint density at radius 3 is 2.70 bits per heavy atom. The lowest BCUT2D eigenvalue weighted by Gasteiger charge is -2.15. The number of nitrogens with zero attached hydrogens (tertiary/aromatic N) is 3. The lowest BCUT2D eigenvalue weighted by atomic mass is 10.2. The summed E-state index contributed by atoms with van der Waals surface area (Å²) in [7, 11) is 0. The second-order valence-electron chi connectivity index (χ2n) is 4.94. The Morgan fingerprint density at radius 1 is 1.25 bits per heavy atom. The number of aromatic nitrogens is 2. The smallest absolute Gasteiger partial charge is 0.337 e. The second kappa shape index (κ2) is 4.96. The maximum absolute atomic E-state index is 12.1. The van der Waals surface area contributed by atoms with Crippen molar-refractivity contribution in [1.29, 1.82) is 0 Å². The second-order valence-corrected chi connectivity index (χ2v) is 4.94. The number of carboxylic acid groups (broad SMARTS) is 1. The van der Waals surface area contributed by atoms with Gasteiger partial charge in [0.1, 0.15) is 12.1 Å². The predicted molar refractivity (Wildman–Crippen MR) is 72.5 cm³/mol. The molecule has 1 fully saturated rings. The highest BCUT2D eigenvalue weighted by atomic mass is 16.4. The molecule has 0 aliphatic carbocycles. The Morgan fingerprint density at radius 2 is 2.00 bits per heavy atom. The Kier molecular flexibility index (Phi) is 3.14. The van der Waals surface area contributed by atoms with E-state index in [2.05, 4.69) is 4.98 Å². The van der Waals surface area contributed by atoms with Crippen molar-refractivity contribution in [2.24, 2.45) is 0 Å². The van der Waals surface area contributed by atoms with E-state index in [0.717, 1.165) is 25.9 Å². The van der Waals surface area contributed by atoms with E-state index in [1.54, 1.807) is 16.7 Å². The summed E-state index contributed by atoms with van der Waals surface area (Å²) < 4.78 is 1.71. The summed E-state index contributed by atoms with van der Waals surface area (Å²) in [6.45, 7) is 1.83. The van der Waals surface area contributed by atoms with Crippen molar-refractivity contribution < 1.29 is 14.7 Å². The van der Waals surface area contributed by atoms with Crippen molar-refractivity contribution in [2.75, 3.05) is 13.1 Å². The number of hydrogen-bond acceptors (Lipinski definition) is 3. The highest BCUT2D eigenvalue weighted by Crippen LogP contribution is 2.18. The largest absolute Gasteiger partial charge is 0.478 e. The maximum atomic E-state index is 12.1. The molecule has 1 aliphatic heterocycles. The number of imidazole rings is 1. The number of aromatic carboxylic acids is 1. The van der Waals surface area contributed by atoms with E-state index in [4.69, 9.17) is 5.11 Å². The van der Waals surface area contributed by atoms with Crippen molar-refractivity contribution in [2.45, 2.75) is 19.4 Å². The molecule has 1 aromatic carbocycles. The Balaban J connectivity index is 1.91. The molecule has 0 spiro atoms. The van der Waals surface area contributed by atoms with E-state index in [9.17, 15) is 9.59 Å². The molecule has 1 amide bonds. The number of carboxylic acids is 1. The van der Waals surface area contributed by atoms with Crippen LogP contribution >= 0.6 is 0 Å². The number of amides is 1. The van der Waals surface area contributed by atoms with Gasteiger partial charge in [-0.2, -0.15) is 0 Å². The molecule has 1 aromatic heterocycles. The summed E-state index contributed by atoms with van der Waals surface area (Å²) >= 11 is 0. The number of hydrogen-bond donors (Lipinski definition) is 1. The van der Waals surface area contributed by atoms with Crippen LogP contribution in [0.4, 0.5) is 0 Å². The van der Waals surface area contributed by atoms with Crippen LogP contribution in [0.25, 0.3) is 11.0 Å². The molecule has 104 valence electrons. The quantitative estimate of drug-likeness (QED) is 0.916. The Hall–Kier alpha value is -2.37. The molecule has 6 heteroatoms. The summed E-state index contributed by atoms with van der Waals surface area (Å²) in [6.07, 6.45) is 3.64. The number of carbonyl (C=O) groups excluding carboxylic acids is 1. The average Bonchev–Trinajstić information content (AvgIpc) is 3.08. The molecule has 3 rings (SSSR count). The zero-order valence-electron chi connectivity index (χ0n) is 11.0. The third-order valence-corrected chi connectivity index (χ3v) is 3.65. The van der Waals surface area contributed by atoms with Crippen LogP contribution in [-0.2, 0) is 11.3 Å². The third kappa shape index (κ3) is 2.13. The molecular weight excluding hydrogens is 258 g/mol. The van der Waals surface area contributed by atoms with E-state index in [1.807, 2.05) is 4.90 Å². The molecule has 1 saturated heterocycles. The SMILES string of the molecule is O=C(O)c1cccc2c1ncn2CC(=O)N1CCCC1. The minimum absolute atomic E-state index is 0.0579. The van der Waals surface area contributed by atoms with Gasteiger partial charge in [0.25, 0.3) is 0 Å². The van der Waals surface area contributed by atoms with Crippen LogP contribution in [0.5, 0.6) is 0 Å². The third-order valence-electron chi connectivity index (χ3n) is 3.65. The first-order valence-electron chi connectivity index (χ1n) is 6.62. The number of benzene rings is 1. The van der Waals surface area contributed by atoms with Crippen molar-refractivity contribution in [1.82, 2.24) is 14.5 Å². The van der Waals surface area contributed by atoms with Crippen LogP contribution in [0, 0.1) is 0 Å². The highest BCUT2D eigenvalue weighted by molar-refractivity contribution is 6.01. The minimum atomic E-state index is -1.01. The van der Waals surface area contributed by atoms with Crippen LogP contribution in [0.15, 0.2) is 24.5 Å². The normalized spacial score (nSPS) is 14.9. The molecule has 0 radical (unpaired) electrons. The van der Waals surface area contributed by atoms with Gasteiger partial charge in [0.05, 0.1) is 17.4 Å². The first-order valence-corrected chi connectivity index (χ1v) is 6.62. The van der Waals surface area contributed by atoms with E-state index >= 15 is 0 Å². The predicted octanol–water partition coefficient (Wildman–Crippen LogP) is 1.36.